The molecule has 0 bridgehead atoms. The van der Waals surface area contributed by atoms with Crippen LogP contribution in [0.2, 0.25) is 0 Å². The van der Waals surface area contributed by atoms with Crippen LogP contribution >= 0.6 is 0 Å². The molecule has 4 nitrogen and oxygen atoms in total. The third-order valence-electron chi connectivity index (χ3n) is 11.7. The molecule has 6 rings (SSSR count). The molecule has 7 heteroatoms. The van der Waals surface area contributed by atoms with Crippen LogP contribution in [0.5, 0.6) is 0 Å². The quantitative estimate of drug-likeness (QED) is 0.131. The molecule has 0 aromatic heterocycles. The summed E-state index contributed by atoms with van der Waals surface area (Å²) in [6, 6.07) is 27.0. The van der Waals surface area contributed by atoms with Crippen molar-refractivity contribution < 1.29 is 0 Å². The number of rotatable bonds is 12. The van der Waals surface area contributed by atoms with Gasteiger partial charge in [0.1, 0.15) is 0 Å². The molecule has 0 spiro atoms. The molecule has 59 heavy (non-hydrogen) atoms. The SMILES string of the molecule is CC(C)c1cccc(C(C)C)c1N1[B]N(c2c(C(C)C)cccc2C(C)C)C=C1.CC(C)c1cccc(C(C)C)c1N1[B]N(c2c(C(C)C)cccc2C(C)C)C=C1.[Sn]. The van der Waals surface area contributed by atoms with Crippen LogP contribution in [0.1, 0.15) is 203 Å². The number of nitrogens with zero attached hydrogens (tertiary/aromatic N) is 4. The van der Waals surface area contributed by atoms with Gasteiger partial charge in [-0.15, -0.1) is 0 Å². The molecular formula is C52H72B2N4Sn. The number of anilines is 4. The van der Waals surface area contributed by atoms with Gasteiger partial charge in [-0.1, -0.05) is 184 Å². The number of para-hydroxylation sites is 4. The van der Waals surface area contributed by atoms with Crippen LogP contribution in [0.4, 0.5) is 22.7 Å². The Balaban J connectivity index is 0.000000256. The van der Waals surface area contributed by atoms with Crippen LogP contribution in [-0.4, -0.2) is 39.0 Å². The Labute approximate surface area is 379 Å². The summed E-state index contributed by atoms with van der Waals surface area (Å²) < 4.78 is 0. The van der Waals surface area contributed by atoms with Crippen LogP contribution < -0.4 is 19.2 Å². The Hall–Kier alpha value is -3.51. The summed E-state index contributed by atoms with van der Waals surface area (Å²) in [5.41, 5.74) is 16.6. The number of benzene rings is 4. The zero-order valence-electron chi connectivity index (χ0n) is 39.3. The average Bonchev–Trinajstić information content (AvgIpc) is 3.87. The van der Waals surface area contributed by atoms with E-state index in [9.17, 15) is 0 Å². The molecule has 6 radical (unpaired) electrons. The normalized spacial score (nSPS) is 13.8. The van der Waals surface area contributed by atoms with Gasteiger partial charge >= 0.3 is 15.1 Å². The molecular weight excluding hydrogens is 821 g/mol. The summed E-state index contributed by atoms with van der Waals surface area (Å²) in [4.78, 5) is 9.30. The second-order valence-corrected chi connectivity index (χ2v) is 18.8. The maximum absolute atomic E-state index is 2.33. The van der Waals surface area contributed by atoms with Gasteiger partial charge in [-0.2, -0.15) is 0 Å². The largest absolute Gasteiger partial charge is 0.400 e. The van der Waals surface area contributed by atoms with Crippen molar-refractivity contribution in [2.75, 3.05) is 19.2 Å². The Morgan fingerprint density at radius 2 is 0.407 bits per heavy atom. The summed E-state index contributed by atoms with van der Waals surface area (Å²) in [5.74, 6) is 3.84. The molecule has 2 aliphatic heterocycles. The van der Waals surface area contributed by atoms with Gasteiger partial charge in [0.2, 0.25) is 0 Å². The second kappa shape index (κ2) is 20.8. The van der Waals surface area contributed by atoms with Crippen molar-refractivity contribution in [2.24, 2.45) is 0 Å². The first kappa shape index (κ1) is 48.2. The molecule has 0 aliphatic carbocycles. The van der Waals surface area contributed by atoms with Crippen molar-refractivity contribution in [2.45, 2.75) is 158 Å². The van der Waals surface area contributed by atoms with Gasteiger partial charge in [-0.05, 0) is 91.9 Å². The van der Waals surface area contributed by atoms with E-state index in [-0.39, 0.29) is 23.9 Å². The fourth-order valence-electron chi connectivity index (χ4n) is 8.48. The summed E-state index contributed by atoms with van der Waals surface area (Å²) in [6.07, 6.45) is 8.87. The Morgan fingerprint density at radius 3 is 0.525 bits per heavy atom. The second-order valence-electron chi connectivity index (χ2n) is 18.8. The third-order valence-corrected chi connectivity index (χ3v) is 11.7. The summed E-state index contributed by atoms with van der Waals surface area (Å²) >= 11 is 0. The van der Waals surface area contributed by atoms with E-state index in [0.717, 1.165) is 0 Å². The Morgan fingerprint density at radius 1 is 0.271 bits per heavy atom. The van der Waals surface area contributed by atoms with Crippen LogP contribution in [0.25, 0.3) is 0 Å². The van der Waals surface area contributed by atoms with Crippen molar-refractivity contribution >= 4 is 61.8 Å². The van der Waals surface area contributed by atoms with E-state index in [0.29, 0.717) is 47.3 Å². The average molecular weight is 894 g/mol. The van der Waals surface area contributed by atoms with Crippen LogP contribution in [-0.2, 0) is 0 Å². The van der Waals surface area contributed by atoms with Crippen molar-refractivity contribution in [3.05, 3.63) is 142 Å². The predicted molar refractivity (Wildman–Crippen MR) is 264 cm³/mol. The molecule has 0 amide bonds. The summed E-state index contributed by atoms with van der Waals surface area (Å²) in [5, 5.41) is 0. The van der Waals surface area contributed by atoms with Gasteiger partial charge in [0.15, 0.2) is 0 Å². The molecule has 2 heterocycles. The number of hydrogen-bond donors (Lipinski definition) is 0. The van der Waals surface area contributed by atoms with E-state index in [1.165, 1.54) is 67.3 Å². The van der Waals surface area contributed by atoms with Gasteiger partial charge in [0, 0.05) is 71.5 Å². The third kappa shape index (κ3) is 10.7. The molecule has 0 atom stereocenters. The fraction of sp³-hybridized carbons (Fsp3) is 0.462. The first-order valence-electron chi connectivity index (χ1n) is 22.1. The molecule has 2 aliphatic rings. The maximum atomic E-state index is 2.33. The summed E-state index contributed by atoms with van der Waals surface area (Å²) in [7, 11) is 4.53. The van der Waals surface area contributed by atoms with Crippen molar-refractivity contribution in [3.63, 3.8) is 0 Å². The van der Waals surface area contributed by atoms with E-state index in [4.69, 9.17) is 0 Å². The van der Waals surface area contributed by atoms with Gasteiger partial charge in [0.05, 0.1) is 0 Å². The molecule has 310 valence electrons. The van der Waals surface area contributed by atoms with Crippen molar-refractivity contribution in [1.82, 2.24) is 0 Å². The van der Waals surface area contributed by atoms with E-state index in [1.807, 2.05) is 0 Å². The molecule has 0 saturated heterocycles. The first-order valence-corrected chi connectivity index (χ1v) is 22.1. The first-order chi connectivity index (χ1) is 27.4. The monoisotopic (exact) mass is 894 g/mol. The topological polar surface area (TPSA) is 13.0 Å². The minimum Gasteiger partial charge on any atom is -0.373 e. The molecule has 0 N–H and O–H groups in total. The minimum absolute atomic E-state index is 0. The van der Waals surface area contributed by atoms with Gasteiger partial charge in [-0.25, -0.2) is 0 Å². The fourth-order valence-corrected chi connectivity index (χ4v) is 8.48. The van der Waals surface area contributed by atoms with Crippen LogP contribution in [0, 0.1) is 0 Å². The Bertz CT molecular complexity index is 1670. The maximum Gasteiger partial charge on any atom is 0.400 e. The smallest absolute Gasteiger partial charge is 0.373 e. The Kier molecular flexibility index (Phi) is 17.0. The molecule has 0 fully saturated rings. The van der Waals surface area contributed by atoms with Crippen molar-refractivity contribution in [3.8, 4) is 0 Å². The molecule has 4 aromatic carbocycles. The van der Waals surface area contributed by atoms with Crippen molar-refractivity contribution in [1.29, 1.82) is 0 Å². The van der Waals surface area contributed by atoms with Gasteiger partial charge in [-0.3, -0.25) is 0 Å². The standard InChI is InChI=1S/2C26H36BN2.Sn/c2*1-17(2)21-11-9-12-22(18(3)4)25(21)28-15-16-29(27-28)26-23(19(5)6)13-10-14-24(26)20(7)8;/h2*9-20H,1-8H3;. The van der Waals surface area contributed by atoms with Gasteiger partial charge in [0.25, 0.3) is 0 Å². The molecule has 4 aromatic rings. The zero-order chi connectivity index (χ0) is 42.6. The molecule has 0 unspecified atom stereocenters. The number of hydrogen-bond acceptors (Lipinski definition) is 4. The van der Waals surface area contributed by atoms with E-state index in [2.05, 4.69) is 243 Å². The predicted octanol–water partition coefficient (Wildman–Crippen LogP) is 14.6. The minimum atomic E-state index is 0. The zero-order valence-corrected chi connectivity index (χ0v) is 42.2. The van der Waals surface area contributed by atoms with E-state index in [1.54, 1.807) is 0 Å². The van der Waals surface area contributed by atoms with Gasteiger partial charge < -0.3 is 19.2 Å². The van der Waals surface area contributed by atoms with Crippen LogP contribution in [0.3, 0.4) is 0 Å². The van der Waals surface area contributed by atoms with E-state index >= 15 is 0 Å². The van der Waals surface area contributed by atoms with Crippen LogP contribution in [0.15, 0.2) is 97.6 Å². The summed E-state index contributed by atoms with van der Waals surface area (Å²) in [6.45, 7) is 36.5. The van der Waals surface area contributed by atoms with E-state index < -0.39 is 0 Å². The molecule has 0 saturated carbocycles.